The lowest BCUT2D eigenvalue weighted by Gasteiger charge is -2.24. The molecule has 0 N–H and O–H groups in total. The average molecular weight is 419 g/mol. The van der Waals surface area contributed by atoms with E-state index in [2.05, 4.69) is 0 Å². The predicted molar refractivity (Wildman–Crippen MR) is 107 cm³/mol. The third-order valence-corrected chi connectivity index (χ3v) is 5.98. The van der Waals surface area contributed by atoms with Crippen molar-refractivity contribution in [3.05, 3.63) is 54.1 Å². The van der Waals surface area contributed by atoms with Crippen molar-refractivity contribution in [3.63, 3.8) is 0 Å². The van der Waals surface area contributed by atoms with Gasteiger partial charge in [-0.3, -0.25) is 4.79 Å². The van der Waals surface area contributed by atoms with Gasteiger partial charge in [0.05, 0.1) is 13.2 Å². The molecule has 0 bridgehead atoms. The third-order valence-electron chi connectivity index (χ3n) is 4.72. The van der Waals surface area contributed by atoms with Crippen molar-refractivity contribution in [2.24, 2.45) is 0 Å². The zero-order valence-corrected chi connectivity index (χ0v) is 17.4. The first kappa shape index (κ1) is 21.1. The minimum atomic E-state index is -3.97. The van der Waals surface area contributed by atoms with Gasteiger partial charge in [-0.1, -0.05) is 12.1 Å². The molecule has 1 amide bonds. The standard InChI is InChI=1S/C21H25NO6S/c1-16(23)22(15-20-7-4-12-27-20)14-17-5-3-6-19(13-17)28-29(24,25)21-10-8-18(26-2)9-11-21/h3,5-6,8-11,13,20H,4,7,12,14-15H2,1-2H3. The maximum Gasteiger partial charge on any atom is 0.339 e. The number of nitrogens with zero attached hydrogens (tertiary/aromatic N) is 1. The van der Waals surface area contributed by atoms with E-state index in [1.807, 2.05) is 6.07 Å². The van der Waals surface area contributed by atoms with Gasteiger partial charge in [0.25, 0.3) is 0 Å². The van der Waals surface area contributed by atoms with E-state index < -0.39 is 10.1 Å². The zero-order valence-electron chi connectivity index (χ0n) is 16.5. The molecular formula is C21H25NO6S. The van der Waals surface area contributed by atoms with Crippen molar-refractivity contribution in [3.8, 4) is 11.5 Å². The van der Waals surface area contributed by atoms with Crippen LogP contribution in [0.4, 0.5) is 0 Å². The number of hydrogen-bond acceptors (Lipinski definition) is 6. The van der Waals surface area contributed by atoms with Gasteiger partial charge in [0.1, 0.15) is 16.4 Å². The monoisotopic (exact) mass is 419 g/mol. The normalized spacial score (nSPS) is 16.4. The number of rotatable bonds is 8. The Labute approximate surface area is 171 Å². The highest BCUT2D eigenvalue weighted by Gasteiger charge is 2.21. The predicted octanol–water partition coefficient (Wildman–Crippen LogP) is 2.99. The summed E-state index contributed by atoms with van der Waals surface area (Å²) in [6.07, 6.45) is 1.99. The fraction of sp³-hybridized carbons (Fsp3) is 0.381. The minimum absolute atomic E-state index is 0.0347. The van der Waals surface area contributed by atoms with Gasteiger partial charge in [0.15, 0.2) is 0 Å². The molecule has 2 aromatic rings. The number of benzene rings is 2. The molecule has 1 aliphatic rings. The van der Waals surface area contributed by atoms with Crippen LogP contribution >= 0.6 is 0 Å². The van der Waals surface area contributed by atoms with E-state index in [0.717, 1.165) is 25.0 Å². The van der Waals surface area contributed by atoms with Gasteiger partial charge >= 0.3 is 10.1 Å². The maximum absolute atomic E-state index is 12.5. The first-order valence-electron chi connectivity index (χ1n) is 9.42. The highest BCUT2D eigenvalue weighted by Crippen LogP contribution is 2.23. The van der Waals surface area contributed by atoms with Gasteiger partial charge in [-0.15, -0.1) is 0 Å². The van der Waals surface area contributed by atoms with E-state index in [9.17, 15) is 13.2 Å². The van der Waals surface area contributed by atoms with Gasteiger partial charge in [-0.05, 0) is 54.8 Å². The van der Waals surface area contributed by atoms with Crippen LogP contribution in [0, 0.1) is 0 Å². The Bertz CT molecular complexity index is 936. The molecule has 1 atom stereocenters. The van der Waals surface area contributed by atoms with E-state index in [1.54, 1.807) is 35.2 Å². The molecule has 1 fully saturated rings. The van der Waals surface area contributed by atoms with Gasteiger partial charge < -0.3 is 18.6 Å². The second-order valence-corrected chi connectivity index (χ2v) is 8.44. The topological polar surface area (TPSA) is 82.1 Å². The summed E-state index contributed by atoms with van der Waals surface area (Å²) < 4.78 is 41.0. The van der Waals surface area contributed by atoms with Crippen molar-refractivity contribution in [2.75, 3.05) is 20.3 Å². The lowest BCUT2D eigenvalue weighted by molar-refractivity contribution is -0.131. The SMILES string of the molecule is COc1ccc(S(=O)(=O)Oc2cccc(CN(CC3CCCO3)C(C)=O)c2)cc1. The van der Waals surface area contributed by atoms with Crippen LogP contribution < -0.4 is 8.92 Å². The van der Waals surface area contributed by atoms with Gasteiger partial charge in [-0.2, -0.15) is 8.42 Å². The van der Waals surface area contributed by atoms with Crippen molar-refractivity contribution < 1.29 is 26.9 Å². The summed E-state index contributed by atoms with van der Waals surface area (Å²) >= 11 is 0. The molecule has 0 saturated carbocycles. The largest absolute Gasteiger partial charge is 0.497 e. The zero-order chi connectivity index (χ0) is 20.9. The molecule has 0 radical (unpaired) electrons. The van der Waals surface area contributed by atoms with Crippen LogP contribution in [0.15, 0.2) is 53.4 Å². The van der Waals surface area contributed by atoms with Gasteiger partial charge in [0.2, 0.25) is 5.91 Å². The number of carbonyl (C=O) groups is 1. The third kappa shape index (κ3) is 5.71. The van der Waals surface area contributed by atoms with Crippen molar-refractivity contribution in [1.29, 1.82) is 0 Å². The molecule has 29 heavy (non-hydrogen) atoms. The smallest absolute Gasteiger partial charge is 0.339 e. The summed E-state index contributed by atoms with van der Waals surface area (Å²) in [7, 11) is -2.47. The summed E-state index contributed by atoms with van der Waals surface area (Å²) in [5.41, 5.74) is 0.778. The summed E-state index contributed by atoms with van der Waals surface area (Å²) in [5.74, 6) is 0.693. The number of ether oxygens (including phenoxy) is 2. The van der Waals surface area contributed by atoms with Crippen LogP contribution in [0.5, 0.6) is 11.5 Å². The summed E-state index contributed by atoms with van der Waals surface area (Å²) in [6.45, 7) is 3.12. The Morgan fingerprint density at radius 2 is 1.93 bits per heavy atom. The maximum atomic E-state index is 12.5. The molecule has 1 saturated heterocycles. The van der Waals surface area contributed by atoms with E-state index in [4.69, 9.17) is 13.7 Å². The molecule has 8 heteroatoms. The second kappa shape index (κ2) is 9.28. The Kier molecular flexibility index (Phi) is 6.76. The molecular weight excluding hydrogens is 394 g/mol. The van der Waals surface area contributed by atoms with E-state index in [-0.39, 0.29) is 22.7 Å². The molecule has 156 valence electrons. The molecule has 2 aromatic carbocycles. The Morgan fingerprint density at radius 3 is 2.55 bits per heavy atom. The average Bonchev–Trinajstić information content (AvgIpc) is 3.20. The summed E-state index contributed by atoms with van der Waals surface area (Å²) in [4.78, 5) is 13.8. The quantitative estimate of drug-likeness (QED) is 0.612. The number of amides is 1. The van der Waals surface area contributed by atoms with Crippen LogP contribution in [-0.4, -0.2) is 45.6 Å². The molecule has 0 aromatic heterocycles. The van der Waals surface area contributed by atoms with Gasteiger partial charge in [-0.25, -0.2) is 0 Å². The summed E-state index contributed by atoms with van der Waals surface area (Å²) in [6, 6.07) is 12.7. The highest BCUT2D eigenvalue weighted by atomic mass is 32.2. The summed E-state index contributed by atoms with van der Waals surface area (Å²) in [5, 5.41) is 0. The fourth-order valence-electron chi connectivity index (χ4n) is 3.17. The lowest BCUT2D eigenvalue weighted by atomic mass is 10.1. The molecule has 7 nitrogen and oxygen atoms in total. The number of carbonyl (C=O) groups excluding carboxylic acids is 1. The van der Waals surface area contributed by atoms with E-state index >= 15 is 0 Å². The van der Waals surface area contributed by atoms with Crippen LogP contribution in [-0.2, 0) is 26.2 Å². The van der Waals surface area contributed by atoms with Gasteiger partial charge in [0, 0.05) is 26.6 Å². The molecule has 0 spiro atoms. The van der Waals surface area contributed by atoms with Crippen molar-refractivity contribution in [2.45, 2.75) is 37.3 Å². The lowest BCUT2D eigenvalue weighted by Crippen LogP contribution is -2.35. The minimum Gasteiger partial charge on any atom is -0.497 e. The Hall–Kier alpha value is -2.58. The van der Waals surface area contributed by atoms with Crippen LogP contribution in [0.25, 0.3) is 0 Å². The number of hydrogen-bond donors (Lipinski definition) is 0. The first-order valence-corrected chi connectivity index (χ1v) is 10.8. The highest BCUT2D eigenvalue weighted by molar-refractivity contribution is 7.87. The molecule has 1 aliphatic heterocycles. The van der Waals surface area contributed by atoms with E-state index in [0.29, 0.717) is 18.8 Å². The second-order valence-electron chi connectivity index (χ2n) is 6.89. The van der Waals surface area contributed by atoms with E-state index in [1.165, 1.54) is 26.2 Å². The van der Waals surface area contributed by atoms with Crippen LogP contribution in [0.3, 0.4) is 0 Å². The molecule has 1 unspecified atom stereocenters. The Morgan fingerprint density at radius 1 is 1.17 bits per heavy atom. The molecule has 3 rings (SSSR count). The first-order chi connectivity index (χ1) is 13.9. The van der Waals surface area contributed by atoms with Crippen molar-refractivity contribution in [1.82, 2.24) is 4.90 Å². The van der Waals surface area contributed by atoms with Crippen LogP contribution in [0.2, 0.25) is 0 Å². The molecule has 1 heterocycles. The molecule has 0 aliphatic carbocycles. The van der Waals surface area contributed by atoms with Crippen LogP contribution in [0.1, 0.15) is 25.3 Å². The fourth-order valence-corrected chi connectivity index (χ4v) is 4.09. The van der Waals surface area contributed by atoms with Crippen molar-refractivity contribution >= 4 is 16.0 Å². The number of methoxy groups -OCH3 is 1. The Balaban J connectivity index is 1.71.